The van der Waals surface area contributed by atoms with Gasteiger partial charge in [0.25, 0.3) is 5.91 Å². The van der Waals surface area contributed by atoms with E-state index < -0.39 is 0 Å². The first-order chi connectivity index (χ1) is 13.6. The minimum absolute atomic E-state index is 0.0665. The summed E-state index contributed by atoms with van der Waals surface area (Å²) in [4.78, 5) is 21.2. The van der Waals surface area contributed by atoms with Gasteiger partial charge in [0.15, 0.2) is 0 Å². The number of anilines is 1. The van der Waals surface area contributed by atoms with Gasteiger partial charge in [0.2, 0.25) is 0 Å². The summed E-state index contributed by atoms with van der Waals surface area (Å²) in [6.45, 7) is 5.77. The molecule has 1 aliphatic rings. The van der Waals surface area contributed by atoms with Gasteiger partial charge in [-0.25, -0.2) is 9.97 Å². The third-order valence-corrected chi connectivity index (χ3v) is 5.36. The number of hydrogen-bond donors (Lipinski definition) is 2. The molecule has 1 saturated carbocycles. The van der Waals surface area contributed by atoms with Crippen molar-refractivity contribution in [2.75, 3.05) is 11.9 Å². The maximum Gasteiger partial charge on any atom is 0.252 e. The fraction of sp³-hybridized carbons (Fsp3) is 0.591. The number of rotatable bonds is 8. The van der Waals surface area contributed by atoms with E-state index in [0.717, 1.165) is 24.6 Å². The van der Waals surface area contributed by atoms with Crippen LogP contribution in [-0.2, 0) is 6.54 Å². The van der Waals surface area contributed by atoms with E-state index in [1.165, 1.54) is 38.5 Å². The van der Waals surface area contributed by atoms with Crippen molar-refractivity contribution >= 4 is 11.7 Å². The third-order valence-electron chi connectivity index (χ3n) is 5.36. The van der Waals surface area contributed by atoms with Crippen molar-refractivity contribution in [1.29, 1.82) is 0 Å². The lowest BCUT2D eigenvalue weighted by atomic mass is 10.1. The topological polar surface area (TPSA) is 71.8 Å². The zero-order chi connectivity index (χ0) is 19.8. The monoisotopic (exact) mass is 383 g/mol. The number of carbonyl (C=O) groups is 1. The van der Waals surface area contributed by atoms with Crippen LogP contribution in [0.2, 0.25) is 0 Å². The van der Waals surface area contributed by atoms with E-state index in [4.69, 9.17) is 0 Å². The molecule has 1 amide bonds. The third kappa shape index (κ3) is 5.81. The molecule has 0 unspecified atom stereocenters. The molecule has 0 aliphatic heterocycles. The summed E-state index contributed by atoms with van der Waals surface area (Å²) in [7, 11) is 0. The number of pyridine rings is 1. The summed E-state index contributed by atoms with van der Waals surface area (Å²) >= 11 is 0. The zero-order valence-corrected chi connectivity index (χ0v) is 17.2. The number of aromatic nitrogens is 3. The van der Waals surface area contributed by atoms with Gasteiger partial charge in [0.05, 0.1) is 5.56 Å². The number of aryl methyl sites for hydroxylation is 1. The van der Waals surface area contributed by atoms with Gasteiger partial charge in [-0.05, 0) is 31.4 Å². The summed E-state index contributed by atoms with van der Waals surface area (Å²) in [5.74, 6) is 2.29. The minimum atomic E-state index is -0.0665. The molecule has 2 aromatic heterocycles. The molecule has 0 bridgehead atoms. The molecular formula is C22H33N5O. The van der Waals surface area contributed by atoms with Crippen molar-refractivity contribution in [2.45, 2.75) is 77.3 Å². The predicted octanol–water partition coefficient (Wildman–Crippen LogP) is 4.36. The molecule has 2 N–H and O–H groups in total. The largest absolute Gasteiger partial charge is 0.367 e. The van der Waals surface area contributed by atoms with E-state index >= 15 is 0 Å². The van der Waals surface area contributed by atoms with Crippen LogP contribution < -0.4 is 10.6 Å². The van der Waals surface area contributed by atoms with Gasteiger partial charge in [-0.15, -0.1) is 0 Å². The molecule has 0 aromatic carbocycles. The van der Waals surface area contributed by atoms with Gasteiger partial charge >= 0.3 is 0 Å². The Kier molecular flexibility index (Phi) is 7.46. The second-order valence-corrected chi connectivity index (χ2v) is 8.01. The highest BCUT2D eigenvalue weighted by atomic mass is 16.1. The van der Waals surface area contributed by atoms with Crippen LogP contribution in [-0.4, -0.2) is 33.0 Å². The van der Waals surface area contributed by atoms with Crippen molar-refractivity contribution in [3.8, 4) is 0 Å². The molecule has 1 fully saturated rings. The molecule has 0 saturated heterocycles. The number of hydrogen-bond acceptors (Lipinski definition) is 4. The number of imidazole rings is 1. The van der Waals surface area contributed by atoms with Gasteiger partial charge in [-0.2, -0.15) is 0 Å². The van der Waals surface area contributed by atoms with Crippen LogP contribution in [0.4, 0.5) is 5.82 Å². The summed E-state index contributed by atoms with van der Waals surface area (Å²) in [6.07, 6.45) is 14.0. The van der Waals surface area contributed by atoms with Gasteiger partial charge in [0.1, 0.15) is 11.6 Å². The highest BCUT2D eigenvalue weighted by Crippen LogP contribution is 2.20. The van der Waals surface area contributed by atoms with Crippen molar-refractivity contribution in [2.24, 2.45) is 0 Å². The normalized spacial score (nSPS) is 15.4. The molecular weight excluding hydrogens is 350 g/mol. The highest BCUT2D eigenvalue weighted by Gasteiger charge is 2.13. The number of amides is 1. The average Bonchev–Trinajstić information content (AvgIpc) is 3.02. The fourth-order valence-corrected chi connectivity index (χ4v) is 3.81. The van der Waals surface area contributed by atoms with E-state index in [9.17, 15) is 4.79 Å². The molecule has 6 nitrogen and oxygen atoms in total. The van der Waals surface area contributed by atoms with Gasteiger partial charge < -0.3 is 15.2 Å². The van der Waals surface area contributed by atoms with Gasteiger partial charge in [0, 0.05) is 43.6 Å². The van der Waals surface area contributed by atoms with Crippen molar-refractivity contribution in [1.82, 2.24) is 19.9 Å². The Labute approximate surface area is 168 Å². The Balaban J connectivity index is 1.42. The second kappa shape index (κ2) is 10.2. The lowest BCUT2D eigenvalue weighted by Crippen LogP contribution is -2.25. The van der Waals surface area contributed by atoms with E-state index in [0.29, 0.717) is 24.1 Å². The molecule has 28 heavy (non-hydrogen) atoms. The van der Waals surface area contributed by atoms with Crippen LogP contribution in [0, 0.1) is 0 Å². The van der Waals surface area contributed by atoms with Crippen LogP contribution in [0.1, 0.15) is 80.9 Å². The Bertz CT molecular complexity index is 730. The van der Waals surface area contributed by atoms with E-state index in [1.54, 1.807) is 6.20 Å². The van der Waals surface area contributed by atoms with E-state index in [2.05, 4.69) is 39.0 Å². The summed E-state index contributed by atoms with van der Waals surface area (Å²) in [5, 5.41) is 6.50. The zero-order valence-electron chi connectivity index (χ0n) is 17.2. The van der Waals surface area contributed by atoms with Gasteiger partial charge in [-0.3, -0.25) is 4.79 Å². The van der Waals surface area contributed by atoms with Crippen LogP contribution >= 0.6 is 0 Å². The average molecular weight is 384 g/mol. The Hall–Kier alpha value is -2.37. The molecule has 6 heteroatoms. The first kappa shape index (κ1) is 20.4. The molecule has 3 rings (SSSR count). The molecule has 2 heterocycles. The molecule has 0 atom stereocenters. The first-order valence-electron chi connectivity index (χ1n) is 10.7. The minimum Gasteiger partial charge on any atom is -0.367 e. The summed E-state index contributed by atoms with van der Waals surface area (Å²) in [5.41, 5.74) is 0.608. The number of nitrogens with zero attached hydrogens (tertiary/aromatic N) is 3. The van der Waals surface area contributed by atoms with Crippen LogP contribution in [0.5, 0.6) is 0 Å². The number of carbonyl (C=O) groups excluding carboxylic acids is 1. The molecule has 0 radical (unpaired) electrons. The predicted molar refractivity (Wildman–Crippen MR) is 113 cm³/mol. The smallest absolute Gasteiger partial charge is 0.252 e. The van der Waals surface area contributed by atoms with E-state index in [1.807, 2.05) is 24.5 Å². The highest BCUT2D eigenvalue weighted by molar-refractivity contribution is 5.94. The van der Waals surface area contributed by atoms with Crippen LogP contribution in [0.25, 0.3) is 0 Å². The maximum atomic E-state index is 12.3. The summed E-state index contributed by atoms with van der Waals surface area (Å²) in [6, 6.07) is 4.28. The fourth-order valence-electron chi connectivity index (χ4n) is 3.81. The Morgan fingerprint density at radius 1 is 1.18 bits per heavy atom. The standard InChI is InChI=1S/C22H33N5O/c1-17(2)21-23-13-15-27(21)14-7-12-24-22(28)18-10-11-20(25-16-18)26-19-8-5-3-4-6-9-19/h10-11,13,15-17,19H,3-9,12,14H2,1-2H3,(H,24,28)(H,25,26). The van der Waals surface area contributed by atoms with Crippen LogP contribution in [0.3, 0.4) is 0 Å². The molecule has 1 aliphatic carbocycles. The lowest BCUT2D eigenvalue weighted by Gasteiger charge is -2.16. The van der Waals surface area contributed by atoms with Crippen molar-refractivity contribution < 1.29 is 4.79 Å². The SMILES string of the molecule is CC(C)c1nccn1CCCNC(=O)c1ccc(NC2CCCCCC2)nc1. The Morgan fingerprint density at radius 2 is 1.96 bits per heavy atom. The van der Waals surface area contributed by atoms with Crippen LogP contribution in [0.15, 0.2) is 30.7 Å². The van der Waals surface area contributed by atoms with Crippen molar-refractivity contribution in [3.63, 3.8) is 0 Å². The first-order valence-corrected chi connectivity index (χ1v) is 10.7. The number of nitrogens with one attached hydrogen (secondary N) is 2. The lowest BCUT2D eigenvalue weighted by molar-refractivity contribution is 0.0952. The second-order valence-electron chi connectivity index (χ2n) is 8.01. The molecule has 0 spiro atoms. The quantitative estimate of drug-likeness (QED) is 0.525. The maximum absolute atomic E-state index is 12.3. The van der Waals surface area contributed by atoms with Gasteiger partial charge in [-0.1, -0.05) is 39.5 Å². The molecule has 152 valence electrons. The van der Waals surface area contributed by atoms with E-state index in [-0.39, 0.29) is 5.91 Å². The summed E-state index contributed by atoms with van der Waals surface area (Å²) < 4.78 is 2.16. The van der Waals surface area contributed by atoms with Crippen molar-refractivity contribution in [3.05, 3.63) is 42.1 Å². The Morgan fingerprint density at radius 3 is 2.64 bits per heavy atom. The molecule has 2 aromatic rings.